The number of hydrogen-bond acceptors (Lipinski definition) is 6. The molecule has 0 atom stereocenters. The maximum Gasteiger partial charge on any atom is 0.364 e. The Morgan fingerprint density at radius 3 is 2.10 bits per heavy atom. The van der Waals surface area contributed by atoms with E-state index in [1.54, 1.807) is 18.2 Å². The molecule has 3 aromatic carbocycles. The zero-order valence-electron chi connectivity index (χ0n) is 16.0. The van der Waals surface area contributed by atoms with Crippen LogP contribution >= 0.6 is 0 Å². The Kier molecular flexibility index (Phi) is 5.17. The third kappa shape index (κ3) is 3.60. The first kappa shape index (κ1) is 19.2. The highest BCUT2D eigenvalue weighted by molar-refractivity contribution is 6.21. The van der Waals surface area contributed by atoms with Gasteiger partial charge in [-0.15, -0.1) is 0 Å². The molecule has 0 radical (unpaired) electrons. The van der Waals surface area contributed by atoms with E-state index in [1.165, 1.54) is 31.4 Å². The molecule has 0 aromatic heterocycles. The molecule has 1 heterocycles. The number of carbonyl (C=O) groups excluding carboxylic acids is 3. The van der Waals surface area contributed by atoms with Crippen molar-refractivity contribution in [2.75, 3.05) is 7.11 Å². The van der Waals surface area contributed by atoms with Gasteiger partial charge in [-0.25, -0.2) is 4.79 Å². The summed E-state index contributed by atoms with van der Waals surface area (Å²) in [6.45, 7) is 0.329. The van der Waals surface area contributed by atoms with Crippen molar-refractivity contribution in [3.8, 4) is 11.5 Å². The second-order valence-corrected chi connectivity index (χ2v) is 6.47. The van der Waals surface area contributed by atoms with Crippen LogP contribution in [0.25, 0.3) is 0 Å². The van der Waals surface area contributed by atoms with E-state index >= 15 is 0 Å². The van der Waals surface area contributed by atoms with Gasteiger partial charge in [0.1, 0.15) is 6.61 Å². The van der Waals surface area contributed by atoms with Crippen LogP contribution in [0.15, 0.2) is 72.8 Å². The predicted molar refractivity (Wildman–Crippen MR) is 106 cm³/mol. The van der Waals surface area contributed by atoms with Crippen molar-refractivity contribution in [1.29, 1.82) is 0 Å². The SMILES string of the molecule is COc1cc(C(=O)ON2C(=O)c3ccccc3C2=O)ccc1OCc1ccccc1. The second-order valence-electron chi connectivity index (χ2n) is 6.47. The number of ether oxygens (including phenoxy) is 2. The molecule has 0 saturated heterocycles. The van der Waals surface area contributed by atoms with Crippen LogP contribution in [0.2, 0.25) is 0 Å². The molecule has 2 amide bonds. The Morgan fingerprint density at radius 2 is 1.47 bits per heavy atom. The molecular weight excluding hydrogens is 386 g/mol. The van der Waals surface area contributed by atoms with Crippen molar-refractivity contribution >= 4 is 17.8 Å². The van der Waals surface area contributed by atoms with Crippen molar-refractivity contribution < 1.29 is 28.7 Å². The van der Waals surface area contributed by atoms with Crippen LogP contribution in [0.3, 0.4) is 0 Å². The largest absolute Gasteiger partial charge is 0.493 e. The minimum absolute atomic E-state index is 0.107. The van der Waals surface area contributed by atoms with Gasteiger partial charge in [0.25, 0.3) is 11.8 Å². The summed E-state index contributed by atoms with van der Waals surface area (Å²) in [6, 6.07) is 20.4. The summed E-state index contributed by atoms with van der Waals surface area (Å²) in [7, 11) is 1.45. The van der Waals surface area contributed by atoms with Crippen LogP contribution in [-0.2, 0) is 11.4 Å². The number of fused-ring (bicyclic) bond motifs is 1. The molecule has 150 valence electrons. The Hall–Kier alpha value is -4.13. The molecule has 1 aliphatic heterocycles. The first-order valence-electron chi connectivity index (χ1n) is 9.13. The quantitative estimate of drug-likeness (QED) is 0.585. The first-order valence-corrected chi connectivity index (χ1v) is 9.13. The maximum absolute atomic E-state index is 12.5. The van der Waals surface area contributed by atoms with E-state index < -0.39 is 17.8 Å². The van der Waals surface area contributed by atoms with Gasteiger partial charge in [0, 0.05) is 0 Å². The smallest absolute Gasteiger partial charge is 0.364 e. The Balaban J connectivity index is 1.48. The third-order valence-corrected chi connectivity index (χ3v) is 4.57. The molecule has 0 unspecified atom stereocenters. The minimum Gasteiger partial charge on any atom is -0.493 e. The Labute approximate surface area is 172 Å². The van der Waals surface area contributed by atoms with Gasteiger partial charge >= 0.3 is 5.97 Å². The lowest BCUT2D eigenvalue weighted by molar-refractivity contribution is -0.0584. The number of carbonyl (C=O) groups is 3. The van der Waals surface area contributed by atoms with Crippen LogP contribution in [0, 0.1) is 0 Å². The van der Waals surface area contributed by atoms with Gasteiger partial charge < -0.3 is 14.3 Å². The standard InChI is InChI=1S/C23H17NO6/c1-28-20-13-16(11-12-19(20)29-14-15-7-3-2-4-8-15)23(27)30-24-21(25)17-9-5-6-10-18(17)22(24)26/h2-13H,14H2,1H3. The van der Waals surface area contributed by atoms with E-state index in [4.69, 9.17) is 14.3 Å². The molecule has 30 heavy (non-hydrogen) atoms. The number of methoxy groups -OCH3 is 1. The van der Waals surface area contributed by atoms with E-state index in [9.17, 15) is 14.4 Å². The minimum atomic E-state index is -0.864. The van der Waals surface area contributed by atoms with E-state index in [0.717, 1.165) is 5.56 Å². The molecule has 0 spiro atoms. The molecule has 0 fully saturated rings. The van der Waals surface area contributed by atoms with Gasteiger partial charge in [-0.3, -0.25) is 9.59 Å². The number of nitrogens with zero attached hydrogens (tertiary/aromatic N) is 1. The van der Waals surface area contributed by atoms with Crippen molar-refractivity contribution in [1.82, 2.24) is 5.06 Å². The molecule has 0 aliphatic carbocycles. The van der Waals surface area contributed by atoms with Gasteiger partial charge in [0.05, 0.1) is 23.8 Å². The molecule has 0 bridgehead atoms. The number of benzene rings is 3. The molecular formula is C23H17NO6. The fraction of sp³-hybridized carbons (Fsp3) is 0.0870. The number of imide groups is 1. The first-order chi connectivity index (χ1) is 14.6. The third-order valence-electron chi connectivity index (χ3n) is 4.57. The van der Waals surface area contributed by atoms with E-state index in [0.29, 0.717) is 23.2 Å². The summed E-state index contributed by atoms with van der Waals surface area (Å²) in [5.41, 5.74) is 1.47. The van der Waals surface area contributed by atoms with E-state index in [1.807, 2.05) is 30.3 Å². The normalized spacial score (nSPS) is 12.5. The maximum atomic E-state index is 12.5. The predicted octanol–water partition coefficient (Wildman–Crippen LogP) is 3.64. The van der Waals surface area contributed by atoms with Crippen molar-refractivity contribution in [3.05, 3.63) is 95.1 Å². The number of hydrogen-bond donors (Lipinski definition) is 0. The van der Waals surface area contributed by atoms with Crippen molar-refractivity contribution in [2.24, 2.45) is 0 Å². The summed E-state index contributed by atoms with van der Waals surface area (Å²) in [6.07, 6.45) is 0. The van der Waals surface area contributed by atoms with Gasteiger partial charge in [0.2, 0.25) is 0 Å². The average molecular weight is 403 g/mol. The van der Waals surface area contributed by atoms with Crippen LogP contribution in [0.1, 0.15) is 36.6 Å². The summed E-state index contributed by atoms with van der Waals surface area (Å²) in [5.74, 6) is -1.46. The monoisotopic (exact) mass is 403 g/mol. The highest BCUT2D eigenvalue weighted by Crippen LogP contribution is 2.30. The zero-order chi connectivity index (χ0) is 21.1. The Morgan fingerprint density at radius 1 is 0.833 bits per heavy atom. The lowest BCUT2D eigenvalue weighted by Gasteiger charge is -2.14. The van der Waals surface area contributed by atoms with Crippen LogP contribution in [0.5, 0.6) is 11.5 Å². The molecule has 7 nitrogen and oxygen atoms in total. The Bertz CT molecular complexity index is 1090. The highest BCUT2D eigenvalue weighted by atomic mass is 16.7. The van der Waals surface area contributed by atoms with Gasteiger partial charge in [-0.1, -0.05) is 47.5 Å². The summed E-state index contributed by atoms with van der Waals surface area (Å²) < 4.78 is 11.1. The summed E-state index contributed by atoms with van der Waals surface area (Å²) in [4.78, 5) is 42.3. The molecule has 4 rings (SSSR count). The average Bonchev–Trinajstić information content (AvgIpc) is 3.03. The molecule has 7 heteroatoms. The van der Waals surface area contributed by atoms with Gasteiger partial charge in [-0.2, -0.15) is 0 Å². The lowest BCUT2D eigenvalue weighted by atomic mass is 10.1. The molecule has 0 N–H and O–H groups in total. The highest BCUT2D eigenvalue weighted by Gasteiger charge is 2.38. The lowest BCUT2D eigenvalue weighted by Crippen LogP contribution is -2.32. The van der Waals surface area contributed by atoms with Crippen LogP contribution in [-0.4, -0.2) is 30.0 Å². The number of amides is 2. The topological polar surface area (TPSA) is 82.1 Å². The van der Waals surface area contributed by atoms with Gasteiger partial charge in [-0.05, 0) is 35.9 Å². The summed E-state index contributed by atoms with van der Waals surface area (Å²) in [5, 5.41) is 0.472. The zero-order valence-corrected chi connectivity index (χ0v) is 16.0. The number of hydroxylamine groups is 2. The van der Waals surface area contributed by atoms with Crippen molar-refractivity contribution in [3.63, 3.8) is 0 Å². The molecule has 1 aliphatic rings. The van der Waals surface area contributed by atoms with Crippen LogP contribution < -0.4 is 9.47 Å². The molecule has 3 aromatic rings. The van der Waals surface area contributed by atoms with Crippen LogP contribution in [0.4, 0.5) is 0 Å². The molecule has 0 saturated carbocycles. The van der Waals surface area contributed by atoms with E-state index in [2.05, 4.69) is 0 Å². The second kappa shape index (κ2) is 8.08. The number of rotatable bonds is 6. The van der Waals surface area contributed by atoms with Gasteiger partial charge in [0.15, 0.2) is 11.5 Å². The fourth-order valence-corrected chi connectivity index (χ4v) is 3.03. The van der Waals surface area contributed by atoms with E-state index in [-0.39, 0.29) is 16.7 Å². The van der Waals surface area contributed by atoms with Crippen molar-refractivity contribution in [2.45, 2.75) is 6.61 Å². The fourth-order valence-electron chi connectivity index (χ4n) is 3.03. The summed E-state index contributed by atoms with van der Waals surface area (Å²) >= 11 is 0.